The smallest absolute Gasteiger partial charge is 0.264 e. The van der Waals surface area contributed by atoms with Gasteiger partial charge in [-0.2, -0.15) is 0 Å². The minimum Gasteiger partial charge on any atom is -0.379 e. The molecule has 0 radical (unpaired) electrons. The predicted molar refractivity (Wildman–Crippen MR) is 337 cm³/mol. The van der Waals surface area contributed by atoms with Gasteiger partial charge in [0.1, 0.15) is 24.2 Å². The van der Waals surface area contributed by atoms with E-state index < -0.39 is 92.5 Å². The zero-order valence-corrected chi connectivity index (χ0v) is 54.0. The fourth-order valence-electron chi connectivity index (χ4n) is 9.65. The number of hydrogen-bond donors (Lipinski definition) is 8. The Morgan fingerprint density at radius 3 is 1.80 bits per heavy atom. The zero-order valence-electron chi connectivity index (χ0n) is 53.1. The molecule has 24 nitrogen and oxygen atoms in total. The van der Waals surface area contributed by atoms with Gasteiger partial charge in [-0.15, -0.1) is 0 Å². The van der Waals surface area contributed by atoms with Crippen LogP contribution >= 0.6 is 0 Å². The lowest BCUT2D eigenvalue weighted by Gasteiger charge is -2.40. The van der Waals surface area contributed by atoms with Gasteiger partial charge in [0.25, 0.3) is 27.7 Å². The normalized spacial score (nSPS) is 14.9. The van der Waals surface area contributed by atoms with E-state index in [1.54, 1.807) is 44.4 Å². The number of benzene rings is 3. The topological polar surface area (TPSA) is 332 Å². The number of nitrogens with one attached hydrogen (secondary N) is 7. The predicted octanol–water partition coefficient (Wildman–Crippen LogP) is 3.17. The number of sulfonamides is 1. The number of nitrogens with zero attached hydrogens (tertiary/aromatic N) is 2. The lowest BCUT2D eigenvalue weighted by Crippen LogP contribution is -2.61. The number of ether oxygens (including phenoxy) is 3. The van der Waals surface area contributed by atoms with Crippen LogP contribution in [0, 0.1) is 11.3 Å². The molecule has 0 saturated carbocycles. The van der Waals surface area contributed by atoms with Crippen LogP contribution in [0.3, 0.4) is 0 Å². The average molecular weight is 1260 g/mol. The summed E-state index contributed by atoms with van der Waals surface area (Å²) >= 11 is 0. The molecule has 488 valence electrons. The highest BCUT2D eigenvalue weighted by Gasteiger charge is 2.42. The molecule has 4 rings (SSSR count). The molecule has 1 heterocycles. The van der Waals surface area contributed by atoms with Crippen molar-refractivity contribution in [2.45, 2.75) is 141 Å². The second-order valence-electron chi connectivity index (χ2n) is 23.7. The Balaban J connectivity index is 1.35. The minimum atomic E-state index is -4.49. The van der Waals surface area contributed by atoms with Gasteiger partial charge < -0.3 is 56.7 Å². The van der Waals surface area contributed by atoms with Crippen molar-refractivity contribution in [3.05, 3.63) is 120 Å². The Labute approximate surface area is 523 Å². The van der Waals surface area contributed by atoms with Gasteiger partial charge in [-0.05, 0) is 93.4 Å². The lowest BCUT2D eigenvalue weighted by molar-refractivity contribution is -0.141. The molecule has 0 fully saturated rings. The Morgan fingerprint density at radius 1 is 0.674 bits per heavy atom. The second kappa shape index (κ2) is 35.5. The van der Waals surface area contributed by atoms with Crippen molar-refractivity contribution in [1.29, 1.82) is 0 Å². The number of nitrogens with two attached hydrogens (primary N) is 1. The van der Waals surface area contributed by atoms with Crippen LogP contribution in [0.2, 0.25) is 0 Å². The van der Waals surface area contributed by atoms with Crippen LogP contribution in [-0.4, -0.2) is 174 Å². The van der Waals surface area contributed by atoms with Gasteiger partial charge in [0.05, 0.1) is 63.2 Å². The molecule has 3 aromatic rings. The van der Waals surface area contributed by atoms with Crippen LogP contribution in [0.5, 0.6) is 0 Å². The van der Waals surface area contributed by atoms with Crippen LogP contribution in [0.25, 0.3) is 0 Å². The average Bonchev–Trinajstić information content (AvgIpc) is 2.24. The molecule has 1 aliphatic heterocycles. The number of likely N-dealkylation sites (N-methyl/N-ethyl adjacent to an activating group) is 2. The van der Waals surface area contributed by atoms with E-state index in [9.17, 15) is 51.6 Å². The zero-order chi connectivity index (χ0) is 66.1. The fourth-order valence-corrected chi connectivity index (χ4v) is 10.7. The quantitative estimate of drug-likeness (QED) is 0.0234. The summed E-state index contributed by atoms with van der Waals surface area (Å²) in [5.41, 5.74) is 6.15. The summed E-state index contributed by atoms with van der Waals surface area (Å²) in [7, 11) is -1.23. The first-order valence-electron chi connectivity index (χ1n) is 29.9. The van der Waals surface area contributed by atoms with Crippen molar-refractivity contribution in [1.82, 2.24) is 41.1 Å². The van der Waals surface area contributed by atoms with Crippen molar-refractivity contribution in [3.8, 4) is 0 Å². The van der Waals surface area contributed by atoms with Gasteiger partial charge >= 0.3 is 0 Å². The van der Waals surface area contributed by atoms with E-state index in [0.29, 0.717) is 24.9 Å². The molecule has 9 N–H and O–H groups in total. The van der Waals surface area contributed by atoms with Crippen LogP contribution in [0.15, 0.2) is 114 Å². The van der Waals surface area contributed by atoms with Gasteiger partial charge in [-0.25, -0.2) is 13.1 Å². The summed E-state index contributed by atoms with van der Waals surface area (Å²) < 4.78 is 45.8. The first kappa shape index (κ1) is 73.8. The molecule has 9 amide bonds. The van der Waals surface area contributed by atoms with Gasteiger partial charge in [0.2, 0.25) is 35.4 Å². The van der Waals surface area contributed by atoms with Crippen molar-refractivity contribution < 1.29 is 65.8 Å². The molecule has 0 spiro atoms. The van der Waals surface area contributed by atoms with Crippen molar-refractivity contribution in [3.63, 3.8) is 0 Å². The molecule has 0 aromatic heterocycles. The third kappa shape index (κ3) is 23.3. The SMILES string of the molecule is CN[C@H](C(=O)N[C@H](C(=O)N(C)[C@H](/C=C(\C)C(=O)NS(=O)(=O)c1ccc(NC(=O)[C@H](CCCCN)NC(=O)[C@H](Cc2ccccc2)NC(=O)[C@@H](C)NC(=O)CCOCCOCCOCCN2C(=O)C=CC2=O)cc1)C(C)C)C(C)(C)C)C(C)(C)c1ccccc1. The molecule has 3 aromatic carbocycles. The second-order valence-corrected chi connectivity index (χ2v) is 25.4. The number of carbonyl (C=O) groups excluding carboxylic acids is 9. The molecule has 0 aliphatic carbocycles. The molecule has 0 saturated heterocycles. The maximum absolute atomic E-state index is 14.4. The Kier molecular flexibility index (Phi) is 29.4. The lowest BCUT2D eigenvalue weighted by atomic mass is 9.76. The number of amides is 9. The van der Waals surface area contributed by atoms with Crippen molar-refractivity contribution in [2.24, 2.45) is 17.1 Å². The molecule has 1 aliphatic rings. The molecule has 25 heteroatoms. The fraction of sp³-hybridized carbons (Fsp3) is 0.516. The third-order valence-electron chi connectivity index (χ3n) is 14.9. The summed E-state index contributed by atoms with van der Waals surface area (Å²) in [5.74, 6) is -5.26. The molecular weight excluding hydrogens is 1160 g/mol. The Hall–Kier alpha value is -7.68. The van der Waals surface area contributed by atoms with E-state index in [1.807, 2.05) is 78.8 Å². The van der Waals surface area contributed by atoms with Gasteiger partial charge in [-0.3, -0.25) is 48.1 Å². The first-order valence-corrected chi connectivity index (χ1v) is 31.4. The number of carbonyl (C=O) groups is 9. The van der Waals surface area contributed by atoms with E-state index in [2.05, 4.69) is 36.6 Å². The largest absolute Gasteiger partial charge is 0.379 e. The van der Waals surface area contributed by atoms with Crippen molar-refractivity contribution >= 4 is 68.9 Å². The number of unbranched alkanes of at least 4 members (excludes halogenated alkanes) is 1. The minimum absolute atomic E-state index is 0.00415. The summed E-state index contributed by atoms with van der Waals surface area (Å²) in [5, 5.41) is 17.0. The van der Waals surface area contributed by atoms with Gasteiger partial charge in [-0.1, -0.05) is 115 Å². The first-order chi connectivity index (χ1) is 42.0. The number of anilines is 1. The van der Waals surface area contributed by atoms with Crippen LogP contribution < -0.4 is 42.4 Å². The summed E-state index contributed by atoms with van der Waals surface area (Å²) in [6.45, 7) is 17.5. The Morgan fingerprint density at radius 2 is 1.24 bits per heavy atom. The molecule has 89 heavy (non-hydrogen) atoms. The molecule has 0 unspecified atom stereocenters. The van der Waals surface area contributed by atoms with Crippen molar-refractivity contribution in [2.75, 3.05) is 72.1 Å². The van der Waals surface area contributed by atoms with E-state index in [-0.39, 0.29) is 105 Å². The highest BCUT2D eigenvalue weighted by molar-refractivity contribution is 7.90. The molecular formula is C64H92N10O14S. The third-order valence-corrected chi connectivity index (χ3v) is 16.3. The maximum Gasteiger partial charge on any atom is 0.264 e. The molecule has 0 bridgehead atoms. The van der Waals surface area contributed by atoms with Gasteiger partial charge in [0, 0.05) is 48.7 Å². The van der Waals surface area contributed by atoms with E-state index in [4.69, 9.17) is 19.9 Å². The van der Waals surface area contributed by atoms with E-state index in [0.717, 1.165) is 10.5 Å². The monoisotopic (exact) mass is 1260 g/mol. The van der Waals surface area contributed by atoms with Gasteiger partial charge in [0.15, 0.2) is 0 Å². The number of imide groups is 1. The highest BCUT2D eigenvalue weighted by atomic mass is 32.2. The van der Waals surface area contributed by atoms with Crippen LogP contribution in [-0.2, 0) is 79.2 Å². The number of hydrogen-bond acceptors (Lipinski definition) is 16. The summed E-state index contributed by atoms with van der Waals surface area (Å²) in [4.78, 5) is 122. The van der Waals surface area contributed by atoms with Crippen LogP contribution in [0.1, 0.15) is 99.1 Å². The highest BCUT2D eigenvalue weighted by Crippen LogP contribution is 2.29. The van der Waals surface area contributed by atoms with E-state index in [1.165, 1.54) is 61.2 Å². The maximum atomic E-state index is 14.4. The Bertz CT molecular complexity index is 3030. The molecule has 6 atom stereocenters. The number of rotatable bonds is 37. The van der Waals surface area contributed by atoms with Crippen LogP contribution in [0.4, 0.5) is 5.69 Å². The standard InChI is InChI=1S/C64H92N10O14S/c1-42(2)51(73(11)62(83)56(63(5,6)7)71-61(82)55(66-10)64(8,9)46-22-16-13-17-23-46)40-43(3)57(78)72-89(84,85)48-27-25-47(26-28-48)68-59(80)49(24-18-19-32-65)69-60(81)50(41-45-20-14-12-15-21-45)70-58(79)44(4)67-52(75)31-34-86-36-38-88-39-37-87-35-33-74-53(76)29-30-54(74)77/h12-17,20-23,25-30,40,42,44,49-51,55-56,66H,18-19,24,31-39,41,65H2,1-11H3,(H,67,75)(H,68,80)(H,69,81)(H,70,79)(H,71,82)(H,72,78)/b43-40+/t44-,49+,50+,51-,55-,56-/m1/s1. The summed E-state index contributed by atoms with van der Waals surface area (Å²) in [6.07, 6.45) is 4.97. The summed E-state index contributed by atoms with van der Waals surface area (Å²) in [6, 6.07) is 17.6. The van der Waals surface area contributed by atoms with E-state index >= 15 is 0 Å².